The van der Waals surface area contributed by atoms with Gasteiger partial charge >= 0.3 is 0 Å². The van der Waals surface area contributed by atoms with E-state index in [4.69, 9.17) is 16.3 Å². The lowest BCUT2D eigenvalue weighted by atomic mass is 10.2. The number of hydrogen-bond acceptors (Lipinski definition) is 3. The van der Waals surface area contributed by atoms with Crippen LogP contribution in [0.5, 0.6) is 0 Å². The molecule has 114 valence electrons. The van der Waals surface area contributed by atoms with Gasteiger partial charge in [-0.05, 0) is 18.2 Å². The number of carbonyl (C=O) groups is 2. The summed E-state index contributed by atoms with van der Waals surface area (Å²) < 4.78 is 5.61. The third kappa shape index (κ3) is 4.18. The zero-order valence-electron chi connectivity index (χ0n) is 11.6. The van der Waals surface area contributed by atoms with Gasteiger partial charge in [0, 0.05) is 48.3 Å². The van der Waals surface area contributed by atoms with Crippen molar-refractivity contribution in [2.45, 2.75) is 0 Å². The Labute approximate surface area is 136 Å². The molecule has 1 aromatic rings. The molecule has 5 nitrogen and oxygen atoms in total. The Morgan fingerprint density at radius 1 is 1.19 bits per heavy atom. The molecule has 0 saturated carbocycles. The molecule has 21 heavy (non-hydrogen) atoms. The van der Waals surface area contributed by atoms with Crippen LogP contribution in [0.4, 0.5) is 0 Å². The molecular weight excluding hydrogens is 360 g/mol. The summed E-state index contributed by atoms with van der Waals surface area (Å²) in [6.45, 7) is 2.15. The second-order valence-electron chi connectivity index (χ2n) is 4.76. The van der Waals surface area contributed by atoms with E-state index in [1.807, 2.05) is 0 Å². The van der Waals surface area contributed by atoms with Crippen LogP contribution in [0.2, 0.25) is 5.02 Å². The molecule has 0 aliphatic carbocycles. The predicted molar refractivity (Wildman–Crippen MR) is 83.5 cm³/mol. The Bertz CT molecular complexity index is 525. The molecule has 0 aromatic heterocycles. The van der Waals surface area contributed by atoms with Crippen molar-refractivity contribution in [1.82, 2.24) is 9.80 Å². The molecule has 0 unspecified atom stereocenters. The summed E-state index contributed by atoms with van der Waals surface area (Å²) >= 11 is 9.29. The van der Waals surface area contributed by atoms with Crippen molar-refractivity contribution >= 4 is 39.3 Å². The van der Waals surface area contributed by atoms with Crippen molar-refractivity contribution in [2.75, 3.05) is 39.9 Å². The number of benzene rings is 1. The van der Waals surface area contributed by atoms with E-state index in [2.05, 4.69) is 15.9 Å². The van der Waals surface area contributed by atoms with Gasteiger partial charge < -0.3 is 14.5 Å². The normalized spacial score (nSPS) is 15.2. The molecule has 1 fully saturated rings. The van der Waals surface area contributed by atoms with Crippen LogP contribution in [-0.4, -0.2) is 61.5 Å². The highest BCUT2D eigenvalue weighted by Crippen LogP contribution is 2.21. The van der Waals surface area contributed by atoms with Gasteiger partial charge in [0.05, 0.1) is 0 Å². The Morgan fingerprint density at radius 3 is 2.38 bits per heavy atom. The number of methoxy groups -OCH3 is 1. The smallest absolute Gasteiger partial charge is 0.254 e. The number of rotatable bonds is 3. The third-order valence-electron chi connectivity index (χ3n) is 3.30. The predicted octanol–water partition coefficient (Wildman–Crippen LogP) is 2.03. The van der Waals surface area contributed by atoms with E-state index >= 15 is 0 Å². The van der Waals surface area contributed by atoms with E-state index in [0.717, 1.165) is 4.47 Å². The van der Waals surface area contributed by atoms with Crippen LogP contribution in [0.1, 0.15) is 10.4 Å². The van der Waals surface area contributed by atoms with E-state index in [1.165, 1.54) is 7.11 Å². The van der Waals surface area contributed by atoms with Gasteiger partial charge in [-0.15, -0.1) is 0 Å². The van der Waals surface area contributed by atoms with Gasteiger partial charge in [-0.2, -0.15) is 0 Å². The molecule has 1 aromatic carbocycles. The highest BCUT2D eigenvalue weighted by atomic mass is 79.9. The second-order valence-corrected chi connectivity index (χ2v) is 6.12. The first-order valence-electron chi connectivity index (χ1n) is 6.53. The maximum absolute atomic E-state index is 12.4. The van der Waals surface area contributed by atoms with Crippen molar-refractivity contribution in [3.63, 3.8) is 0 Å². The van der Waals surface area contributed by atoms with Gasteiger partial charge in [0.2, 0.25) is 5.91 Å². The highest BCUT2D eigenvalue weighted by molar-refractivity contribution is 9.10. The lowest BCUT2D eigenvalue weighted by molar-refractivity contribution is -0.136. The molecule has 1 heterocycles. The maximum Gasteiger partial charge on any atom is 0.254 e. The summed E-state index contributed by atoms with van der Waals surface area (Å²) in [5.41, 5.74) is 0.547. The summed E-state index contributed by atoms with van der Waals surface area (Å²) in [6, 6.07) is 5.13. The topological polar surface area (TPSA) is 49.9 Å². The minimum absolute atomic E-state index is 0.0462. The van der Waals surface area contributed by atoms with E-state index in [9.17, 15) is 9.59 Å². The van der Waals surface area contributed by atoms with Crippen LogP contribution in [0, 0.1) is 0 Å². The molecule has 2 rings (SSSR count). The monoisotopic (exact) mass is 374 g/mol. The van der Waals surface area contributed by atoms with Gasteiger partial charge in [-0.3, -0.25) is 9.59 Å². The van der Waals surface area contributed by atoms with Gasteiger partial charge in [0.25, 0.3) is 5.91 Å². The highest BCUT2D eigenvalue weighted by Gasteiger charge is 2.24. The van der Waals surface area contributed by atoms with E-state index in [-0.39, 0.29) is 18.4 Å². The minimum atomic E-state index is -0.0722. The molecule has 2 amide bonds. The summed E-state index contributed by atoms with van der Waals surface area (Å²) in [5, 5.41) is 0.515. The number of amides is 2. The van der Waals surface area contributed by atoms with Crippen molar-refractivity contribution in [3.05, 3.63) is 33.3 Å². The molecule has 0 bridgehead atoms. The molecule has 0 spiro atoms. The molecular formula is C14H16BrClN2O3. The van der Waals surface area contributed by atoms with Crippen molar-refractivity contribution in [1.29, 1.82) is 0 Å². The number of ether oxygens (including phenoxy) is 1. The Hall–Kier alpha value is -1.11. The van der Waals surface area contributed by atoms with Crippen LogP contribution in [-0.2, 0) is 9.53 Å². The first-order chi connectivity index (χ1) is 10.0. The molecule has 1 aliphatic rings. The summed E-state index contributed by atoms with van der Waals surface area (Å²) in [6.07, 6.45) is 0. The zero-order chi connectivity index (χ0) is 15.4. The molecule has 1 aliphatic heterocycles. The molecule has 1 saturated heterocycles. The maximum atomic E-state index is 12.4. The quantitative estimate of drug-likeness (QED) is 0.812. The molecule has 0 N–H and O–H groups in total. The van der Waals surface area contributed by atoms with Crippen molar-refractivity contribution < 1.29 is 14.3 Å². The average molecular weight is 376 g/mol. The molecule has 0 radical (unpaired) electrons. The summed E-state index contributed by atoms with van der Waals surface area (Å²) in [5.74, 6) is -0.118. The largest absolute Gasteiger partial charge is 0.375 e. The average Bonchev–Trinajstić information content (AvgIpc) is 2.46. The number of halogens is 2. The minimum Gasteiger partial charge on any atom is -0.375 e. The van der Waals surface area contributed by atoms with Gasteiger partial charge in [0.1, 0.15) is 6.61 Å². The fourth-order valence-corrected chi connectivity index (χ4v) is 3.09. The first kappa shape index (κ1) is 16.3. The Balaban J connectivity index is 1.98. The zero-order valence-corrected chi connectivity index (χ0v) is 14.0. The number of hydrogen-bond donors (Lipinski definition) is 0. The summed E-state index contributed by atoms with van der Waals surface area (Å²) in [7, 11) is 1.49. The van der Waals surface area contributed by atoms with Crippen LogP contribution in [0.15, 0.2) is 22.7 Å². The summed E-state index contributed by atoms with van der Waals surface area (Å²) in [4.78, 5) is 27.6. The van der Waals surface area contributed by atoms with Crippen molar-refractivity contribution in [3.8, 4) is 0 Å². The first-order valence-corrected chi connectivity index (χ1v) is 7.70. The number of nitrogens with zero attached hydrogens (tertiary/aromatic N) is 2. The van der Waals surface area contributed by atoms with Crippen molar-refractivity contribution in [2.24, 2.45) is 0 Å². The fraction of sp³-hybridized carbons (Fsp3) is 0.429. The molecule has 7 heteroatoms. The number of piperazine rings is 1. The Morgan fingerprint density at radius 2 is 1.81 bits per heavy atom. The van der Waals surface area contributed by atoms with Crippen LogP contribution >= 0.6 is 27.5 Å². The lowest BCUT2D eigenvalue weighted by Gasteiger charge is -2.34. The van der Waals surface area contributed by atoms with Gasteiger partial charge in [0.15, 0.2) is 0 Å². The van der Waals surface area contributed by atoms with Gasteiger partial charge in [-0.1, -0.05) is 27.5 Å². The van der Waals surface area contributed by atoms with Crippen LogP contribution in [0.25, 0.3) is 0 Å². The van der Waals surface area contributed by atoms with E-state index in [0.29, 0.717) is 36.8 Å². The molecule has 0 atom stereocenters. The van der Waals surface area contributed by atoms with Crippen LogP contribution in [0.3, 0.4) is 0 Å². The van der Waals surface area contributed by atoms with E-state index < -0.39 is 0 Å². The number of carbonyl (C=O) groups excluding carboxylic acids is 2. The lowest BCUT2D eigenvalue weighted by Crippen LogP contribution is -2.51. The SMILES string of the molecule is COCC(=O)N1CCN(C(=O)c2cc(Cl)cc(Br)c2)CC1. The third-order valence-corrected chi connectivity index (χ3v) is 3.97. The second kappa shape index (κ2) is 7.24. The standard InChI is InChI=1S/C14H16BrClN2O3/c1-21-9-13(19)17-2-4-18(5-3-17)14(20)10-6-11(15)8-12(16)7-10/h6-8H,2-5,9H2,1H3. The van der Waals surface area contributed by atoms with Gasteiger partial charge in [-0.25, -0.2) is 0 Å². The van der Waals surface area contributed by atoms with E-state index in [1.54, 1.807) is 28.0 Å². The Kier molecular flexibility index (Phi) is 5.61. The fourth-order valence-electron chi connectivity index (χ4n) is 2.23. The van der Waals surface area contributed by atoms with Crippen LogP contribution < -0.4 is 0 Å².